The van der Waals surface area contributed by atoms with Crippen molar-refractivity contribution in [2.75, 3.05) is 13.1 Å². The summed E-state index contributed by atoms with van der Waals surface area (Å²) in [4.78, 5) is 25.4. The number of carbonyl (C=O) groups is 2. The highest BCUT2D eigenvalue weighted by molar-refractivity contribution is 5.77. The number of carboxylic acid groups (broad SMARTS) is 1. The van der Waals surface area contributed by atoms with Crippen LogP contribution in [0, 0.1) is 35.0 Å². The number of carboxylic acids is 1. The number of hydrogen-bond donors (Lipinski definition) is 2. The fourth-order valence-electron chi connectivity index (χ4n) is 3.82. The number of nitriles is 1. The molecule has 0 aromatic rings. The van der Waals surface area contributed by atoms with Crippen LogP contribution in [0.15, 0.2) is 0 Å². The Bertz CT molecular complexity index is 460. The van der Waals surface area contributed by atoms with Gasteiger partial charge in [-0.1, -0.05) is 0 Å². The van der Waals surface area contributed by atoms with E-state index in [0.29, 0.717) is 13.1 Å². The zero-order chi connectivity index (χ0) is 15.6. The lowest BCUT2D eigenvalue weighted by Gasteiger charge is -2.31. The Morgan fingerprint density at radius 3 is 2.67 bits per heavy atom. The lowest BCUT2D eigenvalue weighted by molar-refractivity contribution is -0.144. The minimum absolute atomic E-state index is 0.200. The number of nitrogens with one attached hydrogen (secondary N) is 1. The second-order valence-corrected chi connectivity index (χ2v) is 6.24. The predicted octanol–water partition coefficient (Wildman–Crippen LogP) is 1.68. The molecule has 6 heteroatoms. The van der Waals surface area contributed by atoms with Gasteiger partial charge in [0.1, 0.15) is 0 Å². The van der Waals surface area contributed by atoms with Gasteiger partial charge in [-0.3, -0.25) is 4.79 Å². The van der Waals surface area contributed by atoms with Crippen molar-refractivity contribution in [2.24, 2.45) is 23.7 Å². The quantitative estimate of drug-likeness (QED) is 0.806. The normalized spacial score (nSPS) is 31.5. The first-order valence-corrected chi connectivity index (χ1v) is 7.65. The van der Waals surface area contributed by atoms with Crippen LogP contribution in [0.5, 0.6) is 0 Å². The summed E-state index contributed by atoms with van der Waals surface area (Å²) in [6.07, 6.45) is 2.86. The second-order valence-electron chi connectivity index (χ2n) is 6.24. The number of fused-ring (bicyclic) bond motifs is 2. The molecule has 2 saturated carbocycles. The lowest BCUT2D eigenvalue weighted by Crippen LogP contribution is -2.52. The average molecular weight is 293 g/mol. The van der Waals surface area contributed by atoms with Gasteiger partial charge in [-0.25, -0.2) is 4.79 Å². The molecule has 2 N–H and O–H groups in total. The molecule has 21 heavy (non-hydrogen) atoms. The van der Waals surface area contributed by atoms with Crippen molar-refractivity contribution in [3.63, 3.8) is 0 Å². The van der Waals surface area contributed by atoms with Crippen molar-refractivity contribution < 1.29 is 14.7 Å². The van der Waals surface area contributed by atoms with Gasteiger partial charge in [0.15, 0.2) is 0 Å². The molecule has 0 spiro atoms. The van der Waals surface area contributed by atoms with Crippen molar-refractivity contribution >= 4 is 12.0 Å². The molecule has 0 aliphatic heterocycles. The molecule has 6 nitrogen and oxygen atoms in total. The maximum Gasteiger partial charge on any atom is 0.317 e. The summed E-state index contributed by atoms with van der Waals surface area (Å²) in [5, 5.41) is 21.2. The number of aliphatic carboxylic acids is 1. The van der Waals surface area contributed by atoms with Gasteiger partial charge in [0.2, 0.25) is 0 Å². The first kappa shape index (κ1) is 15.6. The average Bonchev–Trinajstić information content (AvgIpc) is 3.04. The molecule has 5 atom stereocenters. The van der Waals surface area contributed by atoms with E-state index in [1.54, 1.807) is 11.8 Å². The van der Waals surface area contributed by atoms with Crippen LogP contribution in [0.3, 0.4) is 0 Å². The summed E-state index contributed by atoms with van der Waals surface area (Å²) >= 11 is 0. The van der Waals surface area contributed by atoms with Crippen LogP contribution >= 0.6 is 0 Å². The van der Waals surface area contributed by atoms with Gasteiger partial charge < -0.3 is 15.3 Å². The first-order valence-electron chi connectivity index (χ1n) is 7.65. The van der Waals surface area contributed by atoms with Gasteiger partial charge in [-0.15, -0.1) is 0 Å². The van der Waals surface area contributed by atoms with Crippen LogP contribution in [0.1, 0.15) is 33.1 Å². The van der Waals surface area contributed by atoms with Crippen molar-refractivity contribution in [1.82, 2.24) is 10.2 Å². The highest BCUT2D eigenvalue weighted by Gasteiger charge is 2.51. The first-order chi connectivity index (χ1) is 9.97. The number of rotatable bonds is 5. The standard InChI is InChI=1S/C15H23N3O3/c1-3-18(8-9(2)7-16)15(21)17-13-11-5-4-10(6-11)12(13)14(19)20/h9-13H,3-6,8H2,1-2H3,(H,17,21)(H,19,20). The Kier molecular flexibility index (Phi) is 4.71. The van der Waals surface area contributed by atoms with E-state index in [4.69, 9.17) is 5.26 Å². The number of urea groups is 1. The summed E-state index contributed by atoms with van der Waals surface area (Å²) in [6, 6.07) is 1.61. The monoisotopic (exact) mass is 293 g/mol. The molecule has 0 radical (unpaired) electrons. The molecule has 0 aromatic heterocycles. The molecule has 2 amide bonds. The van der Waals surface area contributed by atoms with Crippen molar-refractivity contribution in [3.05, 3.63) is 0 Å². The minimum atomic E-state index is -0.805. The summed E-state index contributed by atoms with van der Waals surface area (Å²) in [7, 11) is 0. The van der Waals surface area contributed by atoms with Gasteiger partial charge in [0, 0.05) is 19.1 Å². The highest BCUT2D eigenvalue weighted by atomic mass is 16.4. The van der Waals surface area contributed by atoms with E-state index in [0.717, 1.165) is 19.3 Å². The topological polar surface area (TPSA) is 93.4 Å². The Balaban J connectivity index is 2.01. The molecule has 2 rings (SSSR count). The van der Waals surface area contributed by atoms with E-state index in [9.17, 15) is 14.7 Å². The van der Waals surface area contributed by atoms with Crippen LogP contribution in [-0.2, 0) is 4.79 Å². The lowest BCUT2D eigenvalue weighted by atomic mass is 9.84. The van der Waals surface area contributed by atoms with E-state index in [1.165, 1.54) is 0 Å². The number of carbonyl (C=O) groups excluding carboxylic acids is 1. The minimum Gasteiger partial charge on any atom is -0.481 e. The second kappa shape index (κ2) is 6.33. The molecule has 2 fully saturated rings. The third kappa shape index (κ3) is 3.12. The summed E-state index contributed by atoms with van der Waals surface area (Å²) in [5.41, 5.74) is 0. The molecule has 0 saturated heterocycles. The Hall–Kier alpha value is -1.77. The summed E-state index contributed by atoms with van der Waals surface area (Å²) in [5.74, 6) is -1.01. The van der Waals surface area contributed by atoms with E-state index in [2.05, 4.69) is 11.4 Å². The predicted molar refractivity (Wildman–Crippen MR) is 76.3 cm³/mol. The van der Waals surface area contributed by atoms with Crippen LogP contribution in [0.25, 0.3) is 0 Å². The van der Waals surface area contributed by atoms with E-state index >= 15 is 0 Å². The molecule has 116 valence electrons. The van der Waals surface area contributed by atoms with Crippen molar-refractivity contribution in [2.45, 2.75) is 39.2 Å². The van der Waals surface area contributed by atoms with Crippen LogP contribution in [-0.4, -0.2) is 41.1 Å². The Labute approximate surface area is 125 Å². The molecule has 0 aromatic carbocycles. The maximum absolute atomic E-state index is 12.3. The van der Waals surface area contributed by atoms with Gasteiger partial charge in [-0.05, 0) is 44.9 Å². The largest absolute Gasteiger partial charge is 0.481 e. The summed E-state index contributed by atoms with van der Waals surface area (Å²) in [6.45, 7) is 4.51. The van der Waals surface area contributed by atoms with Crippen LogP contribution < -0.4 is 5.32 Å². The third-order valence-electron chi connectivity index (χ3n) is 4.88. The number of nitrogens with zero attached hydrogens (tertiary/aromatic N) is 2. The van der Waals surface area contributed by atoms with E-state index in [-0.39, 0.29) is 29.8 Å². The van der Waals surface area contributed by atoms with Crippen molar-refractivity contribution in [1.29, 1.82) is 5.26 Å². The molecular formula is C15H23N3O3. The van der Waals surface area contributed by atoms with Gasteiger partial charge >= 0.3 is 12.0 Å². The van der Waals surface area contributed by atoms with E-state index < -0.39 is 11.9 Å². The molecule has 0 heterocycles. The molecule has 2 aliphatic carbocycles. The van der Waals surface area contributed by atoms with Gasteiger partial charge in [0.05, 0.1) is 17.9 Å². The zero-order valence-electron chi connectivity index (χ0n) is 12.6. The van der Waals surface area contributed by atoms with Gasteiger partial charge in [-0.2, -0.15) is 5.26 Å². The van der Waals surface area contributed by atoms with E-state index in [1.807, 2.05) is 6.92 Å². The summed E-state index contributed by atoms with van der Waals surface area (Å²) < 4.78 is 0. The highest BCUT2D eigenvalue weighted by Crippen LogP contribution is 2.48. The third-order valence-corrected chi connectivity index (χ3v) is 4.88. The molecule has 5 unspecified atom stereocenters. The number of hydrogen-bond acceptors (Lipinski definition) is 3. The fraction of sp³-hybridized carbons (Fsp3) is 0.800. The molecule has 2 bridgehead atoms. The zero-order valence-corrected chi connectivity index (χ0v) is 12.6. The van der Waals surface area contributed by atoms with Crippen LogP contribution in [0.2, 0.25) is 0 Å². The van der Waals surface area contributed by atoms with Crippen LogP contribution in [0.4, 0.5) is 4.79 Å². The SMILES string of the molecule is CCN(CC(C)C#N)C(=O)NC1C2CCC(C2)C1C(=O)O. The van der Waals surface area contributed by atoms with Gasteiger partial charge in [0.25, 0.3) is 0 Å². The van der Waals surface area contributed by atoms with Crippen molar-refractivity contribution in [3.8, 4) is 6.07 Å². The Morgan fingerprint density at radius 1 is 1.43 bits per heavy atom. The molecule has 2 aliphatic rings. The maximum atomic E-state index is 12.3. The molecular weight excluding hydrogens is 270 g/mol. The number of amides is 2. The Morgan fingerprint density at radius 2 is 2.10 bits per heavy atom. The fourth-order valence-corrected chi connectivity index (χ4v) is 3.82. The smallest absolute Gasteiger partial charge is 0.317 e.